The number of hydrogen-bond acceptors (Lipinski definition) is 6. The zero-order chi connectivity index (χ0) is 28.3. The number of piperazine rings is 1. The van der Waals surface area contributed by atoms with Gasteiger partial charge in [-0.3, -0.25) is 4.79 Å². The molecule has 1 fully saturated rings. The Morgan fingerprint density at radius 1 is 0.927 bits per heavy atom. The average molecular weight is 588 g/mol. The molecule has 0 saturated carbocycles. The second-order valence-corrected chi connectivity index (χ2v) is 10.4. The number of ether oxygens (including phenoxy) is 2. The van der Waals surface area contributed by atoms with E-state index >= 15 is 0 Å². The molecule has 6 rings (SSSR count). The molecule has 0 atom stereocenters. The van der Waals surface area contributed by atoms with Gasteiger partial charge in [-0.2, -0.15) is 0 Å². The number of methoxy groups -OCH3 is 1. The Morgan fingerprint density at radius 3 is 2.39 bits per heavy atom. The molecular formula is C31H27Cl2N5O3. The van der Waals surface area contributed by atoms with Gasteiger partial charge in [-0.1, -0.05) is 53.5 Å². The second kappa shape index (κ2) is 11.7. The van der Waals surface area contributed by atoms with Gasteiger partial charge in [0.15, 0.2) is 12.3 Å². The summed E-state index contributed by atoms with van der Waals surface area (Å²) < 4.78 is 13.1. The molecule has 0 unspecified atom stereocenters. The highest BCUT2D eigenvalue weighted by Crippen LogP contribution is 2.37. The van der Waals surface area contributed by atoms with E-state index in [1.807, 2.05) is 42.5 Å². The maximum atomic E-state index is 12.9. The summed E-state index contributed by atoms with van der Waals surface area (Å²) in [5.74, 6) is 1.97. The maximum Gasteiger partial charge on any atom is 0.260 e. The largest absolute Gasteiger partial charge is 0.497 e. The predicted octanol–water partition coefficient (Wildman–Crippen LogP) is 6.13. The van der Waals surface area contributed by atoms with Gasteiger partial charge in [0.05, 0.1) is 17.5 Å². The highest BCUT2D eigenvalue weighted by atomic mass is 35.5. The summed E-state index contributed by atoms with van der Waals surface area (Å²) in [6.07, 6.45) is 3.71. The fourth-order valence-electron chi connectivity index (χ4n) is 5.05. The van der Waals surface area contributed by atoms with Crippen molar-refractivity contribution >= 4 is 46.0 Å². The number of halogens is 2. The lowest BCUT2D eigenvalue weighted by atomic mass is 10.1. The Hall–Kier alpha value is -4.27. The summed E-state index contributed by atoms with van der Waals surface area (Å²) >= 11 is 12.1. The van der Waals surface area contributed by atoms with E-state index in [1.165, 1.54) is 0 Å². The minimum atomic E-state index is -0.0980. The van der Waals surface area contributed by atoms with Crippen molar-refractivity contribution in [2.75, 3.05) is 44.8 Å². The molecule has 0 radical (unpaired) electrons. The molecule has 0 spiro atoms. The molecule has 41 heavy (non-hydrogen) atoms. The first kappa shape index (κ1) is 26.9. The van der Waals surface area contributed by atoms with Crippen LogP contribution in [0.1, 0.15) is 0 Å². The number of anilines is 1. The van der Waals surface area contributed by atoms with E-state index in [0.29, 0.717) is 42.0 Å². The smallest absolute Gasteiger partial charge is 0.260 e. The molecule has 3 aromatic carbocycles. The van der Waals surface area contributed by atoms with Crippen LogP contribution in [-0.4, -0.2) is 65.2 Å². The van der Waals surface area contributed by atoms with Gasteiger partial charge >= 0.3 is 0 Å². The fraction of sp³-hybridized carbons (Fsp3) is 0.194. The summed E-state index contributed by atoms with van der Waals surface area (Å²) in [7, 11) is 1.66. The summed E-state index contributed by atoms with van der Waals surface area (Å²) in [6.45, 7) is 2.24. The van der Waals surface area contributed by atoms with E-state index < -0.39 is 0 Å². The highest BCUT2D eigenvalue weighted by molar-refractivity contribution is 6.35. The molecule has 2 aromatic heterocycles. The first-order valence-electron chi connectivity index (χ1n) is 13.2. The summed E-state index contributed by atoms with van der Waals surface area (Å²) in [5, 5.41) is 1.85. The lowest BCUT2D eigenvalue weighted by molar-refractivity contribution is -0.133. The lowest BCUT2D eigenvalue weighted by Crippen LogP contribution is -2.50. The number of aromatic nitrogens is 3. The van der Waals surface area contributed by atoms with Crippen molar-refractivity contribution in [1.29, 1.82) is 0 Å². The number of amides is 1. The standard InChI is InChI=1S/C31H27Cl2N5O3/c1-40-24-10-8-23(9-11-24)38-18-25(21-5-3-2-4-6-21)29-30(34-20-35-31(29)38)37-15-13-36(14-16-37)28(39)19-41-27-12-7-22(32)17-26(27)33/h2-12,17-18,20H,13-16,19H2,1H3. The third kappa shape index (κ3) is 5.53. The van der Waals surface area contributed by atoms with E-state index in [4.69, 9.17) is 42.6 Å². The Balaban J connectivity index is 1.26. The van der Waals surface area contributed by atoms with Gasteiger partial charge in [-0.15, -0.1) is 0 Å². The van der Waals surface area contributed by atoms with E-state index in [1.54, 1.807) is 36.5 Å². The fourth-order valence-corrected chi connectivity index (χ4v) is 5.52. The van der Waals surface area contributed by atoms with Gasteiger partial charge in [0.25, 0.3) is 5.91 Å². The molecular weight excluding hydrogens is 561 g/mol. The number of carbonyl (C=O) groups is 1. The van der Waals surface area contributed by atoms with Crippen LogP contribution in [0.4, 0.5) is 5.82 Å². The van der Waals surface area contributed by atoms with Crippen molar-refractivity contribution in [2.24, 2.45) is 0 Å². The quantitative estimate of drug-likeness (QED) is 0.228. The van der Waals surface area contributed by atoms with Crippen molar-refractivity contribution in [3.8, 4) is 28.3 Å². The van der Waals surface area contributed by atoms with Crippen LogP contribution in [0.25, 0.3) is 27.8 Å². The molecule has 3 heterocycles. The third-order valence-electron chi connectivity index (χ3n) is 7.18. The van der Waals surface area contributed by atoms with Gasteiger partial charge in [0.1, 0.15) is 23.6 Å². The monoisotopic (exact) mass is 587 g/mol. The number of carbonyl (C=O) groups excluding carboxylic acids is 1. The van der Waals surface area contributed by atoms with E-state index in [-0.39, 0.29) is 12.5 Å². The van der Waals surface area contributed by atoms with E-state index in [2.05, 4.69) is 27.8 Å². The van der Waals surface area contributed by atoms with E-state index in [0.717, 1.165) is 39.4 Å². The molecule has 10 heteroatoms. The zero-order valence-corrected chi connectivity index (χ0v) is 23.8. The Morgan fingerprint density at radius 2 is 1.68 bits per heavy atom. The van der Waals surface area contributed by atoms with Crippen molar-refractivity contribution in [3.63, 3.8) is 0 Å². The molecule has 5 aromatic rings. The topological polar surface area (TPSA) is 72.7 Å². The Bertz CT molecular complexity index is 1680. The molecule has 8 nitrogen and oxygen atoms in total. The minimum absolute atomic E-state index is 0.0953. The maximum absolute atomic E-state index is 12.9. The van der Waals surface area contributed by atoms with Crippen LogP contribution in [0.15, 0.2) is 85.3 Å². The Kier molecular flexibility index (Phi) is 7.67. The van der Waals surface area contributed by atoms with E-state index in [9.17, 15) is 4.79 Å². The first-order valence-corrected chi connectivity index (χ1v) is 13.9. The van der Waals surface area contributed by atoms with Crippen LogP contribution in [0, 0.1) is 0 Å². The molecule has 1 saturated heterocycles. The van der Waals surface area contributed by atoms with Gasteiger partial charge in [0.2, 0.25) is 0 Å². The number of benzene rings is 3. The zero-order valence-electron chi connectivity index (χ0n) is 22.3. The summed E-state index contributed by atoms with van der Waals surface area (Å²) in [6, 6.07) is 23.1. The van der Waals surface area contributed by atoms with Gasteiger partial charge in [0, 0.05) is 48.6 Å². The van der Waals surface area contributed by atoms with Crippen LogP contribution in [0.5, 0.6) is 11.5 Å². The first-order chi connectivity index (χ1) is 20.0. The van der Waals surface area contributed by atoms with Crippen molar-refractivity contribution < 1.29 is 14.3 Å². The minimum Gasteiger partial charge on any atom is -0.497 e. The SMILES string of the molecule is COc1ccc(-n2cc(-c3ccccc3)c3c(N4CCN(C(=O)COc5ccc(Cl)cc5Cl)CC4)ncnc32)cc1. The predicted molar refractivity (Wildman–Crippen MR) is 162 cm³/mol. The Labute approximate surface area is 247 Å². The number of nitrogens with zero attached hydrogens (tertiary/aromatic N) is 5. The van der Waals surface area contributed by atoms with Crippen LogP contribution >= 0.6 is 23.2 Å². The second-order valence-electron chi connectivity index (χ2n) is 9.60. The molecule has 0 N–H and O–H groups in total. The van der Waals surface area contributed by atoms with Crippen molar-refractivity contribution in [2.45, 2.75) is 0 Å². The number of hydrogen-bond donors (Lipinski definition) is 0. The molecule has 1 aliphatic rings. The number of rotatable bonds is 7. The normalized spacial score (nSPS) is 13.4. The van der Waals surface area contributed by atoms with Crippen LogP contribution in [-0.2, 0) is 4.79 Å². The molecule has 0 bridgehead atoms. The van der Waals surface area contributed by atoms with Crippen LogP contribution in [0.3, 0.4) is 0 Å². The highest BCUT2D eigenvalue weighted by Gasteiger charge is 2.26. The lowest BCUT2D eigenvalue weighted by Gasteiger charge is -2.35. The molecule has 208 valence electrons. The van der Waals surface area contributed by atoms with Gasteiger partial charge < -0.3 is 23.8 Å². The van der Waals surface area contributed by atoms with Crippen molar-refractivity contribution in [1.82, 2.24) is 19.4 Å². The number of fused-ring (bicyclic) bond motifs is 1. The van der Waals surface area contributed by atoms with Crippen LogP contribution < -0.4 is 14.4 Å². The molecule has 1 amide bonds. The summed E-state index contributed by atoms with van der Waals surface area (Å²) in [5.41, 5.74) is 3.90. The van der Waals surface area contributed by atoms with Crippen molar-refractivity contribution in [3.05, 3.63) is 95.4 Å². The van der Waals surface area contributed by atoms with Gasteiger partial charge in [-0.25, -0.2) is 9.97 Å². The third-order valence-corrected chi connectivity index (χ3v) is 7.71. The van der Waals surface area contributed by atoms with Gasteiger partial charge in [-0.05, 0) is 48.0 Å². The average Bonchev–Trinajstić information content (AvgIpc) is 3.41. The van der Waals surface area contributed by atoms with Crippen LogP contribution in [0.2, 0.25) is 10.0 Å². The summed E-state index contributed by atoms with van der Waals surface area (Å²) in [4.78, 5) is 26.4. The molecule has 0 aliphatic carbocycles. The molecule has 1 aliphatic heterocycles.